The third-order valence-corrected chi connectivity index (χ3v) is 5.20. The summed E-state index contributed by atoms with van der Waals surface area (Å²) in [5, 5.41) is 16.3. The zero-order valence-electron chi connectivity index (χ0n) is 18.6. The Balaban J connectivity index is 1.81. The smallest absolute Gasteiger partial charge is 0.271 e. The van der Waals surface area contributed by atoms with E-state index in [1.165, 1.54) is 24.3 Å². The fourth-order valence-electron chi connectivity index (χ4n) is 3.20. The number of nitrogens with two attached hydrogens (primary N) is 1. The van der Waals surface area contributed by atoms with E-state index in [2.05, 4.69) is 0 Å². The minimum Gasteiger partial charge on any atom is -0.457 e. The zero-order chi connectivity index (χ0) is 25.5. The average molecular weight is 499 g/mol. The zero-order valence-corrected chi connectivity index (χ0v) is 19.4. The lowest BCUT2D eigenvalue weighted by Crippen LogP contribution is -2.30. The van der Waals surface area contributed by atoms with E-state index in [4.69, 9.17) is 37.7 Å². The van der Waals surface area contributed by atoms with Gasteiger partial charge in [0.2, 0.25) is 0 Å². The van der Waals surface area contributed by atoms with Gasteiger partial charge < -0.3 is 15.2 Å². The Hall–Kier alpha value is -4.00. The molecule has 0 spiro atoms. The molecule has 35 heavy (non-hydrogen) atoms. The second kappa shape index (κ2) is 11.4. The molecule has 0 bridgehead atoms. The van der Waals surface area contributed by atoms with Crippen LogP contribution in [0.15, 0.2) is 60.7 Å². The molecule has 0 aliphatic heterocycles. The summed E-state index contributed by atoms with van der Waals surface area (Å²) in [6.45, 7) is 1.50. The molecule has 0 heterocycles. The number of nitrogens with zero attached hydrogens (tertiary/aromatic N) is 2. The molecule has 0 saturated carbocycles. The number of amidine groups is 1. The van der Waals surface area contributed by atoms with Crippen molar-refractivity contribution in [3.63, 3.8) is 0 Å². The van der Waals surface area contributed by atoms with Gasteiger partial charge in [-0.3, -0.25) is 10.2 Å². The van der Waals surface area contributed by atoms with E-state index in [0.29, 0.717) is 16.7 Å². The molecule has 0 fully saturated rings. The van der Waals surface area contributed by atoms with E-state index in [9.17, 15) is 13.6 Å². The molecule has 0 aliphatic carbocycles. The van der Waals surface area contributed by atoms with E-state index in [1.807, 2.05) is 6.07 Å². The van der Waals surface area contributed by atoms with E-state index >= 15 is 0 Å². The Morgan fingerprint density at radius 2 is 1.71 bits per heavy atom. The highest BCUT2D eigenvalue weighted by atomic mass is 35.5. The van der Waals surface area contributed by atoms with Crippen LogP contribution >= 0.6 is 11.8 Å². The Kier molecular flexibility index (Phi) is 8.36. The van der Waals surface area contributed by atoms with Crippen molar-refractivity contribution in [3.05, 3.63) is 94.6 Å². The van der Waals surface area contributed by atoms with Gasteiger partial charge in [-0.05, 0) is 36.8 Å². The molecule has 0 radical (unpaired) electrons. The quantitative estimate of drug-likeness (QED) is 0.240. The standard InChI is InChI=1S/C25H21ClF2N4O3/c1-2-34-23(25(33)32(26)14-16-3-7-17(8-4-16)24(30)31)22-20(27)11-19(12-21(22)28)35-18-9-5-15(13-29)6-10-18/h3-12,23H,2,14H2,1H3,(H3,30,31). The van der Waals surface area contributed by atoms with Crippen molar-refractivity contribution in [3.8, 4) is 17.6 Å². The van der Waals surface area contributed by atoms with Crippen molar-refractivity contribution in [2.75, 3.05) is 6.61 Å². The number of hydrogen-bond donors (Lipinski definition) is 2. The van der Waals surface area contributed by atoms with Gasteiger partial charge >= 0.3 is 0 Å². The molecule has 0 aliphatic rings. The monoisotopic (exact) mass is 498 g/mol. The van der Waals surface area contributed by atoms with E-state index < -0.39 is 29.2 Å². The highest BCUT2D eigenvalue weighted by Crippen LogP contribution is 2.32. The highest BCUT2D eigenvalue weighted by Gasteiger charge is 2.32. The van der Waals surface area contributed by atoms with Gasteiger partial charge in [-0.25, -0.2) is 13.2 Å². The van der Waals surface area contributed by atoms with Crippen LogP contribution in [-0.4, -0.2) is 22.8 Å². The second-order valence-corrected chi connectivity index (χ2v) is 7.75. The van der Waals surface area contributed by atoms with Crippen molar-refractivity contribution in [1.82, 2.24) is 4.42 Å². The summed E-state index contributed by atoms with van der Waals surface area (Å²) >= 11 is 6.16. The van der Waals surface area contributed by atoms with Gasteiger partial charge in [-0.1, -0.05) is 24.3 Å². The number of nitrogens with one attached hydrogen (secondary N) is 1. The predicted molar refractivity (Wildman–Crippen MR) is 126 cm³/mol. The summed E-state index contributed by atoms with van der Waals surface area (Å²) in [5.41, 5.74) is 6.35. The van der Waals surface area contributed by atoms with Crippen molar-refractivity contribution in [2.24, 2.45) is 5.73 Å². The van der Waals surface area contributed by atoms with Crippen LogP contribution in [0.3, 0.4) is 0 Å². The van der Waals surface area contributed by atoms with Gasteiger partial charge in [-0.15, -0.1) is 0 Å². The first-order valence-corrected chi connectivity index (χ1v) is 10.8. The predicted octanol–water partition coefficient (Wildman–Crippen LogP) is 5.17. The third-order valence-electron chi connectivity index (χ3n) is 4.92. The third kappa shape index (κ3) is 6.32. The number of nitriles is 1. The first-order chi connectivity index (χ1) is 16.7. The number of nitrogen functional groups attached to an aromatic ring is 1. The maximum atomic E-state index is 15.0. The van der Waals surface area contributed by atoms with Gasteiger partial charge in [-0.2, -0.15) is 5.26 Å². The normalized spacial score (nSPS) is 11.4. The topological polar surface area (TPSA) is 112 Å². The average Bonchev–Trinajstić information content (AvgIpc) is 2.83. The van der Waals surface area contributed by atoms with Crippen molar-refractivity contribution in [1.29, 1.82) is 10.7 Å². The SMILES string of the molecule is CCOC(C(=O)N(Cl)Cc1ccc(C(=N)N)cc1)c1c(F)cc(Oc2ccc(C#N)cc2)cc1F. The first kappa shape index (κ1) is 25.6. The molecule has 10 heteroatoms. The minimum absolute atomic E-state index is 0.00316. The number of carbonyl (C=O) groups excluding carboxylic acids is 1. The molecular weight excluding hydrogens is 478 g/mol. The fraction of sp³-hybridized carbons (Fsp3) is 0.160. The molecule has 3 rings (SSSR count). The van der Waals surface area contributed by atoms with Crippen LogP contribution in [0, 0.1) is 28.4 Å². The maximum absolute atomic E-state index is 15.0. The number of carbonyl (C=O) groups is 1. The lowest BCUT2D eigenvalue weighted by atomic mass is 10.1. The van der Waals surface area contributed by atoms with Gasteiger partial charge in [0.05, 0.1) is 23.7 Å². The molecule has 3 aromatic rings. The summed E-state index contributed by atoms with van der Waals surface area (Å²) in [4.78, 5) is 13.0. The Bertz CT molecular complexity index is 1240. The number of halogens is 3. The second-order valence-electron chi connectivity index (χ2n) is 7.34. The fourth-order valence-corrected chi connectivity index (χ4v) is 3.43. The van der Waals surface area contributed by atoms with Gasteiger partial charge in [0, 0.05) is 36.1 Å². The molecule has 1 amide bonds. The van der Waals surface area contributed by atoms with Crippen molar-refractivity contribution >= 4 is 23.5 Å². The van der Waals surface area contributed by atoms with E-state index in [1.54, 1.807) is 31.2 Å². The molecule has 3 N–H and O–H groups in total. The molecule has 3 aromatic carbocycles. The molecule has 0 aromatic heterocycles. The minimum atomic E-state index is -1.63. The van der Waals surface area contributed by atoms with Gasteiger partial charge in [0.15, 0.2) is 6.10 Å². The number of rotatable bonds is 9. The number of hydrogen-bond acceptors (Lipinski definition) is 5. The molecule has 180 valence electrons. The van der Waals surface area contributed by atoms with Gasteiger partial charge in [0.1, 0.15) is 29.0 Å². The lowest BCUT2D eigenvalue weighted by molar-refractivity contribution is -0.139. The summed E-state index contributed by atoms with van der Waals surface area (Å²) in [6, 6.07) is 16.3. The van der Waals surface area contributed by atoms with Crippen LogP contribution in [0.1, 0.15) is 35.3 Å². The largest absolute Gasteiger partial charge is 0.457 e. The summed E-state index contributed by atoms with van der Waals surface area (Å²) in [5.74, 6) is -2.92. The summed E-state index contributed by atoms with van der Waals surface area (Å²) in [7, 11) is 0. The van der Waals surface area contributed by atoms with Crippen LogP contribution in [0.5, 0.6) is 11.5 Å². The summed E-state index contributed by atoms with van der Waals surface area (Å²) in [6.07, 6.45) is -1.63. The van der Waals surface area contributed by atoms with E-state index in [0.717, 1.165) is 16.6 Å². The van der Waals surface area contributed by atoms with Crippen LogP contribution in [0.4, 0.5) is 8.78 Å². The first-order valence-electron chi connectivity index (χ1n) is 10.4. The van der Waals surface area contributed by atoms with Crippen LogP contribution < -0.4 is 10.5 Å². The maximum Gasteiger partial charge on any atom is 0.271 e. The van der Waals surface area contributed by atoms with Crippen LogP contribution in [0.2, 0.25) is 0 Å². The number of ether oxygens (including phenoxy) is 2. The Morgan fingerprint density at radius 3 is 2.23 bits per heavy atom. The molecule has 0 saturated heterocycles. The van der Waals surface area contributed by atoms with Crippen molar-refractivity contribution < 1.29 is 23.0 Å². The van der Waals surface area contributed by atoms with E-state index in [-0.39, 0.29) is 30.5 Å². The molecule has 1 atom stereocenters. The Labute approximate surface area is 205 Å². The molecule has 7 nitrogen and oxygen atoms in total. The molecule has 1 unspecified atom stereocenters. The van der Waals surface area contributed by atoms with Gasteiger partial charge in [0.25, 0.3) is 5.91 Å². The van der Waals surface area contributed by atoms with Crippen LogP contribution in [-0.2, 0) is 16.1 Å². The number of benzene rings is 3. The highest BCUT2D eigenvalue weighted by molar-refractivity contribution is 6.21. The number of amides is 1. The summed E-state index contributed by atoms with van der Waals surface area (Å²) < 4.78 is 41.6. The molecular formula is C25H21ClF2N4O3. The lowest BCUT2D eigenvalue weighted by Gasteiger charge is -2.23. The van der Waals surface area contributed by atoms with Crippen molar-refractivity contribution in [2.45, 2.75) is 19.6 Å². The Morgan fingerprint density at radius 1 is 1.11 bits per heavy atom. The van der Waals surface area contributed by atoms with Crippen LogP contribution in [0.25, 0.3) is 0 Å².